The summed E-state index contributed by atoms with van der Waals surface area (Å²) in [6, 6.07) is 19.6. The van der Waals surface area contributed by atoms with Crippen molar-refractivity contribution in [2.24, 2.45) is 0 Å². The maximum absolute atomic E-state index is 6.86. The Morgan fingerprint density at radius 3 is 2.03 bits per heavy atom. The molecule has 4 rings (SSSR count). The molecule has 172 valence electrons. The summed E-state index contributed by atoms with van der Waals surface area (Å²) in [6.45, 7) is 14.7. The molecule has 0 saturated carbocycles. The molecule has 6 heteroatoms. The molecule has 0 bridgehead atoms. The van der Waals surface area contributed by atoms with Gasteiger partial charge in [0.2, 0.25) is 0 Å². The highest BCUT2D eigenvalue weighted by atomic mass is 28.3. The van der Waals surface area contributed by atoms with Gasteiger partial charge in [-0.15, -0.1) is 0 Å². The van der Waals surface area contributed by atoms with Gasteiger partial charge in [-0.25, -0.2) is 0 Å². The molecule has 2 aliphatic heterocycles. The van der Waals surface area contributed by atoms with E-state index in [0.29, 0.717) is 0 Å². The molecule has 2 heterocycles. The Hall–Kier alpha value is -1.76. The zero-order chi connectivity index (χ0) is 23.2. The summed E-state index contributed by atoms with van der Waals surface area (Å²) in [5, 5.41) is 1.21. The van der Waals surface area contributed by atoms with Crippen molar-refractivity contribution in [3.63, 3.8) is 0 Å². The summed E-state index contributed by atoms with van der Waals surface area (Å²) < 4.78 is 19.2. The molecule has 2 saturated heterocycles. The minimum atomic E-state index is -2.14. The molecule has 2 fully saturated rings. The van der Waals surface area contributed by atoms with Gasteiger partial charge in [-0.2, -0.15) is 0 Å². The van der Waals surface area contributed by atoms with E-state index in [0.717, 1.165) is 18.7 Å². The number of hydrogen-bond acceptors (Lipinski definition) is 4. The molecule has 2 aliphatic rings. The number of rotatable bonds is 5. The average Bonchev–Trinajstić information content (AvgIpc) is 3.01. The molecule has 2 aromatic carbocycles. The standard InChI is InChI=1S/C26H38BNO3Si/c1-24(2)25(3,4)31-27(30-24)26(32(6,7)23-13-9-8-10-14-23)19-11-12-20-28(26)21-15-17-22(29-5)18-16-21/h8-10,13-18H,11-12,19-20H2,1-7H3. The van der Waals surface area contributed by atoms with Gasteiger partial charge in [0.05, 0.1) is 23.4 Å². The van der Waals surface area contributed by atoms with Gasteiger partial charge in [-0.1, -0.05) is 55.0 Å². The number of nitrogens with zero attached hydrogens (tertiary/aromatic N) is 1. The molecule has 32 heavy (non-hydrogen) atoms. The Labute approximate surface area is 195 Å². The minimum Gasteiger partial charge on any atom is -0.497 e. The zero-order valence-corrected chi connectivity index (χ0v) is 21.8. The summed E-state index contributed by atoms with van der Waals surface area (Å²) in [5.74, 6) is 0.881. The van der Waals surface area contributed by atoms with Crippen LogP contribution in [-0.2, 0) is 9.31 Å². The fourth-order valence-electron chi connectivity index (χ4n) is 5.45. The quantitative estimate of drug-likeness (QED) is 0.584. The fourth-order valence-corrected chi connectivity index (χ4v) is 9.40. The van der Waals surface area contributed by atoms with Gasteiger partial charge < -0.3 is 18.9 Å². The Morgan fingerprint density at radius 1 is 0.875 bits per heavy atom. The Balaban J connectivity index is 1.89. The van der Waals surface area contributed by atoms with Crippen molar-refractivity contribution < 1.29 is 14.0 Å². The van der Waals surface area contributed by atoms with Gasteiger partial charge in [-0.05, 0) is 64.8 Å². The first-order chi connectivity index (χ1) is 15.0. The number of hydrogen-bond donors (Lipinski definition) is 0. The number of methoxy groups -OCH3 is 1. The van der Waals surface area contributed by atoms with Crippen LogP contribution in [0.3, 0.4) is 0 Å². The third-order valence-electron chi connectivity index (χ3n) is 8.28. The minimum absolute atomic E-state index is 0.230. The van der Waals surface area contributed by atoms with Crippen LogP contribution in [0.25, 0.3) is 0 Å². The van der Waals surface area contributed by atoms with E-state index < -0.39 is 8.07 Å². The molecule has 0 aliphatic carbocycles. The molecular formula is C26H38BNO3Si. The lowest BCUT2D eigenvalue weighted by Gasteiger charge is -2.57. The highest BCUT2D eigenvalue weighted by Gasteiger charge is 2.67. The second-order valence-corrected chi connectivity index (χ2v) is 15.5. The monoisotopic (exact) mass is 451 g/mol. The molecule has 4 nitrogen and oxygen atoms in total. The van der Waals surface area contributed by atoms with Gasteiger partial charge in [0.15, 0.2) is 0 Å². The predicted molar refractivity (Wildman–Crippen MR) is 137 cm³/mol. The summed E-state index contributed by atoms with van der Waals surface area (Å²) in [7, 11) is -0.718. The van der Waals surface area contributed by atoms with Crippen LogP contribution < -0.4 is 14.8 Å². The van der Waals surface area contributed by atoms with Gasteiger partial charge in [0, 0.05) is 12.2 Å². The number of benzene rings is 2. The molecular weight excluding hydrogens is 413 g/mol. The molecule has 0 amide bonds. The number of ether oxygens (including phenoxy) is 1. The molecule has 0 radical (unpaired) electrons. The second kappa shape index (κ2) is 8.23. The topological polar surface area (TPSA) is 30.9 Å². The van der Waals surface area contributed by atoms with Crippen LogP contribution in [0.5, 0.6) is 5.75 Å². The first kappa shape index (κ1) is 23.4. The van der Waals surface area contributed by atoms with Crippen molar-refractivity contribution in [3.05, 3.63) is 54.6 Å². The van der Waals surface area contributed by atoms with Crippen molar-refractivity contribution in [1.29, 1.82) is 0 Å². The third kappa shape index (κ3) is 3.61. The van der Waals surface area contributed by atoms with E-state index in [9.17, 15) is 0 Å². The highest BCUT2D eigenvalue weighted by molar-refractivity contribution is 7.00. The van der Waals surface area contributed by atoms with Crippen LogP contribution in [0.15, 0.2) is 54.6 Å². The molecule has 0 spiro atoms. The summed E-state index contributed by atoms with van der Waals surface area (Å²) in [4.78, 5) is 2.62. The largest absolute Gasteiger partial charge is 0.497 e. The van der Waals surface area contributed by atoms with Gasteiger partial charge in [0.25, 0.3) is 0 Å². The molecule has 0 N–H and O–H groups in total. The van der Waals surface area contributed by atoms with E-state index in [1.54, 1.807) is 7.11 Å². The number of anilines is 1. The van der Waals surface area contributed by atoms with Crippen LogP contribution in [0.1, 0.15) is 47.0 Å². The summed E-state index contributed by atoms with van der Waals surface area (Å²) in [6.07, 6.45) is 3.41. The van der Waals surface area contributed by atoms with Crippen LogP contribution in [-0.4, -0.2) is 45.1 Å². The average molecular weight is 451 g/mol. The summed E-state index contributed by atoms with van der Waals surface area (Å²) >= 11 is 0. The van der Waals surface area contributed by atoms with E-state index in [4.69, 9.17) is 14.0 Å². The smallest absolute Gasteiger partial charge is 0.482 e. The van der Waals surface area contributed by atoms with E-state index in [2.05, 4.69) is 100 Å². The van der Waals surface area contributed by atoms with E-state index >= 15 is 0 Å². The lowest BCUT2D eigenvalue weighted by atomic mass is 9.71. The maximum atomic E-state index is 6.86. The zero-order valence-electron chi connectivity index (χ0n) is 20.8. The lowest BCUT2D eigenvalue weighted by molar-refractivity contribution is 0.00578. The lowest BCUT2D eigenvalue weighted by Crippen LogP contribution is -2.78. The van der Waals surface area contributed by atoms with E-state index in [-0.39, 0.29) is 23.4 Å². The van der Waals surface area contributed by atoms with Crippen LogP contribution in [0.2, 0.25) is 13.1 Å². The fraction of sp³-hybridized carbons (Fsp3) is 0.538. The Bertz CT molecular complexity index is 916. The van der Waals surface area contributed by atoms with E-state index in [1.165, 1.54) is 23.7 Å². The highest BCUT2D eigenvalue weighted by Crippen LogP contribution is 2.48. The van der Waals surface area contributed by atoms with Gasteiger partial charge in [-0.3, -0.25) is 0 Å². The molecule has 2 aromatic rings. The van der Waals surface area contributed by atoms with Crippen molar-refractivity contribution >= 4 is 26.1 Å². The van der Waals surface area contributed by atoms with Crippen molar-refractivity contribution in [2.45, 2.75) is 76.3 Å². The van der Waals surface area contributed by atoms with Crippen LogP contribution in [0.4, 0.5) is 5.69 Å². The van der Waals surface area contributed by atoms with E-state index in [1.807, 2.05) is 0 Å². The maximum Gasteiger partial charge on any atom is 0.482 e. The third-order valence-corrected chi connectivity index (χ3v) is 13.0. The number of piperidine rings is 1. The summed E-state index contributed by atoms with van der Waals surface area (Å²) in [5.41, 5.74) is 0.487. The Kier molecular flexibility index (Phi) is 6.02. The van der Waals surface area contributed by atoms with Gasteiger partial charge >= 0.3 is 7.12 Å². The normalized spacial score (nSPS) is 25.1. The van der Waals surface area contributed by atoms with Crippen molar-refractivity contribution in [3.8, 4) is 5.75 Å². The first-order valence-corrected chi connectivity index (χ1v) is 14.9. The van der Waals surface area contributed by atoms with Crippen LogP contribution >= 0.6 is 0 Å². The molecule has 0 aromatic heterocycles. The van der Waals surface area contributed by atoms with Crippen molar-refractivity contribution in [2.75, 3.05) is 18.6 Å². The van der Waals surface area contributed by atoms with Gasteiger partial charge in [0.1, 0.15) is 13.8 Å². The van der Waals surface area contributed by atoms with Crippen LogP contribution in [0, 0.1) is 0 Å². The Morgan fingerprint density at radius 2 is 1.47 bits per heavy atom. The first-order valence-electron chi connectivity index (χ1n) is 11.9. The second-order valence-electron chi connectivity index (χ2n) is 10.8. The van der Waals surface area contributed by atoms with Crippen molar-refractivity contribution in [1.82, 2.24) is 0 Å². The predicted octanol–water partition coefficient (Wildman–Crippen LogP) is 5.21. The molecule has 1 atom stereocenters. The SMILES string of the molecule is COc1ccc(N2CCCCC2(B2OC(C)(C)C(C)(C)O2)[Si](C)(C)c2ccccc2)cc1. The molecule has 1 unspecified atom stereocenters.